The lowest BCUT2D eigenvalue weighted by Gasteiger charge is -2.17. The normalized spacial score (nSPS) is 10.9. The molecule has 35 heavy (non-hydrogen) atoms. The molecule has 0 bridgehead atoms. The first-order valence-corrected chi connectivity index (χ1v) is 13.3. The zero-order valence-electron chi connectivity index (χ0n) is 22.7. The van der Waals surface area contributed by atoms with Crippen LogP contribution in [0.5, 0.6) is 0 Å². The first-order chi connectivity index (χ1) is 17.0. The average Bonchev–Trinajstić information content (AvgIpc) is 2.91. The van der Waals surface area contributed by atoms with Gasteiger partial charge in [0, 0.05) is 11.5 Å². The number of carbonyl (C=O) groups excluding carboxylic acids is 1. The van der Waals surface area contributed by atoms with Crippen LogP contribution in [0.25, 0.3) is 0 Å². The molecule has 1 heteroatoms. The predicted octanol–water partition coefficient (Wildman–Crippen LogP) is 10.1. The average molecular weight is 471 g/mol. The van der Waals surface area contributed by atoms with E-state index in [4.69, 9.17) is 0 Å². The predicted molar refractivity (Wildman–Crippen MR) is 154 cm³/mol. The van der Waals surface area contributed by atoms with E-state index in [9.17, 15) is 4.79 Å². The van der Waals surface area contributed by atoms with Crippen LogP contribution >= 0.6 is 0 Å². The van der Waals surface area contributed by atoms with Crippen molar-refractivity contribution in [2.45, 2.75) is 79.1 Å². The molecule has 0 aliphatic carbocycles. The SMILES string of the molecule is C=CC(C)CCC.CCCCC(c1ccccc1)c1ccccc1.CCc1ccccc1C(C)=O. The van der Waals surface area contributed by atoms with Crippen LogP contribution in [0, 0.1) is 5.92 Å². The van der Waals surface area contributed by atoms with Crippen molar-refractivity contribution < 1.29 is 4.79 Å². The molecule has 0 saturated carbocycles. The van der Waals surface area contributed by atoms with E-state index in [0.29, 0.717) is 11.8 Å². The molecule has 1 unspecified atom stereocenters. The lowest BCUT2D eigenvalue weighted by atomic mass is 9.87. The minimum atomic E-state index is 0.155. The Balaban J connectivity index is 0.000000293. The molecule has 0 aliphatic heterocycles. The molecule has 1 nitrogen and oxygen atoms in total. The molecule has 0 fully saturated rings. The second kappa shape index (κ2) is 18.4. The molecule has 188 valence electrons. The summed E-state index contributed by atoms with van der Waals surface area (Å²) in [7, 11) is 0. The van der Waals surface area contributed by atoms with E-state index < -0.39 is 0 Å². The summed E-state index contributed by atoms with van der Waals surface area (Å²) in [6, 6.07) is 29.4. The minimum absolute atomic E-state index is 0.155. The van der Waals surface area contributed by atoms with Crippen LogP contribution in [0.4, 0.5) is 0 Å². The number of allylic oxidation sites excluding steroid dienone is 1. The van der Waals surface area contributed by atoms with Gasteiger partial charge in [-0.05, 0) is 48.8 Å². The molecular weight excluding hydrogens is 424 g/mol. The number of unbranched alkanes of at least 4 members (excludes halogenated alkanes) is 1. The Morgan fingerprint density at radius 2 is 1.29 bits per heavy atom. The topological polar surface area (TPSA) is 17.1 Å². The monoisotopic (exact) mass is 470 g/mol. The molecule has 3 aromatic rings. The van der Waals surface area contributed by atoms with Crippen molar-refractivity contribution in [3.05, 3.63) is 120 Å². The van der Waals surface area contributed by atoms with Crippen LogP contribution in [-0.4, -0.2) is 5.78 Å². The minimum Gasteiger partial charge on any atom is -0.295 e. The van der Waals surface area contributed by atoms with Gasteiger partial charge in [0.15, 0.2) is 5.78 Å². The fraction of sp³-hybridized carbons (Fsp3) is 0.382. The van der Waals surface area contributed by atoms with Gasteiger partial charge in [0.1, 0.15) is 0 Å². The molecule has 0 amide bonds. The van der Waals surface area contributed by atoms with Gasteiger partial charge in [-0.3, -0.25) is 4.79 Å². The van der Waals surface area contributed by atoms with Crippen LogP contribution in [0.15, 0.2) is 97.6 Å². The standard InChI is InChI=1S/C17H20.C10H12O.C7H14/c1-2-3-14-17(15-10-6-4-7-11-15)16-12-8-5-9-13-16;1-3-9-6-4-5-7-10(9)8(2)11;1-4-6-7(3)5-2/h4-13,17H,2-3,14H2,1H3;4-7H,3H2,1-2H3;5,7H,2,4,6H2,1,3H3. The van der Waals surface area contributed by atoms with Gasteiger partial charge in [0.05, 0.1) is 0 Å². The van der Waals surface area contributed by atoms with Gasteiger partial charge in [0.2, 0.25) is 0 Å². The highest BCUT2D eigenvalue weighted by Gasteiger charge is 2.12. The summed E-state index contributed by atoms with van der Waals surface area (Å²) in [6.45, 7) is 14.0. The fourth-order valence-electron chi connectivity index (χ4n) is 4.05. The molecule has 3 rings (SSSR count). The van der Waals surface area contributed by atoms with E-state index in [-0.39, 0.29) is 5.78 Å². The maximum atomic E-state index is 11.0. The van der Waals surface area contributed by atoms with E-state index in [1.165, 1.54) is 43.2 Å². The van der Waals surface area contributed by atoms with Crippen LogP contribution in [0.3, 0.4) is 0 Å². The maximum absolute atomic E-state index is 11.0. The van der Waals surface area contributed by atoms with Gasteiger partial charge in [-0.1, -0.05) is 138 Å². The number of aryl methyl sites for hydroxylation is 1. The Bertz CT molecular complexity index is 903. The van der Waals surface area contributed by atoms with Crippen molar-refractivity contribution in [2.24, 2.45) is 5.92 Å². The highest BCUT2D eigenvalue weighted by Crippen LogP contribution is 2.29. The second-order valence-corrected chi connectivity index (χ2v) is 9.08. The molecule has 3 aromatic carbocycles. The number of hydrogen-bond acceptors (Lipinski definition) is 1. The van der Waals surface area contributed by atoms with Crippen LogP contribution in [0.2, 0.25) is 0 Å². The molecule has 1 atom stereocenters. The zero-order valence-corrected chi connectivity index (χ0v) is 22.7. The highest BCUT2D eigenvalue weighted by atomic mass is 16.1. The summed E-state index contributed by atoms with van der Waals surface area (Å²) in [5.74, 6) is 1.42. The Morgan fingerprint density at radius 1 is 0.771 bits per heavy atom. The lowest BCUT2D eigenvalue weighted by molar-refractivity contribution is 0.101. The van der Waals surface area contributed by atoms with E-state index >= 15 is 0 Å². The third kappa shape index (κ3) is 11.9. The number of hydrogen-bond donors (Lipinski definition) is 0. The fourth-order valence-corrected chi connectivity index (χ4v) is 4.05. The summed E-state index contributed by atoms with van der Waals surface area (Å²) in [4.78, 5) is 11.0. The Hall–Kier alpha value is -2.93. The molecular formula is C34H46O. The number of Topliss-reactive ketones (excluding diaryl/α,β-unsaturated/α-hetero) is 1. The molecule has 0 aliphatic rings. The quantitative estimate of drug-likeness (QED) is 0.213. The van der Waals surface area contributed by atoms with Crippen LogP contribution < -0.4 is 0 Å². The molecule has 0 radical (unpaired) electrons. The summed E-state index contributed by atoms with van der Waals surface area (Å²) in [5.41, 5.74) is 4.87. The van der Waals surface area contributed by atoms with Gasteiger partial charge in [-0.15, -0.1) is 6.58 Å². The van der Waals surface area contributed by atoms with Gasteiger partial charge < -0.3 is 0 Å². The van der Waals surface area contributed by atoms with Crippen molar-refractivity contribution in [2.75, 3.05) is 0 Å². The van der Waals surface area contributed by atoms with E-state index in [1.807, 2.05) is 30.3 Å². The molecule has 0 N–H and O–H groups in total. The first-order valence-electron chi connectivity index (χ1n) is 13.3. The van der Waals surface area contributed by atoms with Gasteiger partial charge >= 0.3 is 0 Å². The maximum Gasteiger partial charge on any atom is 0.160 e. The Kier molecular flexibility index (Phi) is 15.8. The highest BCUT2D eigenvalue weighted by molar-refractivity contribution is 5.95. The Morgan fingerprint density at radius 3 is 1.66 bits per heavy atom. The summed E-state index contributed by atoms with van der Waals surface area (Å²) >= 11 is 0. The number of ketones is 1. The van der Waals surface area contributed by atoms with Crippen molar-refractivity contribution in [3.63, 3.8) is 0 Å². The van der Waals surface area contributed by atoms with Crippen molar-refractivity contribution >= 4 is 5.78 Å². The molecule has 0 heterocycles. The summed E-state index contributed by atoms with van der Waals surface area (Å²) in [6.07, 6.45) is 9.27. The van der Waals surface area contributed by atoms with Gasteiger partial charge in [-0.2, -0.15) is 0 Å². The Labute approximate surface area is 215 Å². The summed E-state index contributed by atoms with van der Waals surface area (Å²) < 4.78 is 0. The van der Waals surface area contributed by atoms with E-state index in [0.717, 1.165) is 17.5 Å². The third-order valence-corrected chi connectivity index (χ3v) is 6.17. The lowest BCUT2D eigenvalue weighted by Crippen LogP contribution is -2.00. The second-order valence-electron chi connectivity index (χ2n) is 9.08. The van der Waals surface area contributed by atoms with E-state index in [2.05, 4.69) is 94.9 Å². The summed E-state index contributed by atoms with van der Waals surface area (Å²) in [5, 5.41) is 0. The van der Waals surface area contributed by atoms with Gasteiger partial charge in [0.25, 0.3) is 0 Å². The van der Waals surface area contributed by atoms with Crippen molar-refractivity contribution in [1.82, 2.24) is 0 Å². The van der Waals surface area contributed by atoms with Crippen LogP contribution in [-0.2, 0) is 6.42 Å². The van der Waals surface area contributed by atoms with Crippen LogP contribution in [0.1, 0.15) is 99.7 Å². The first kappa shape index (κ1) is 30.1. The third-order valence-electron chi connectivity index (χ3n) is 6.17. The molecule has 0 aromatic heterocycles. The number of rotatable bonds is 10. The number of benzene rings is 3. The molecule has 0 spiro atoms. The van der Waals surface area contributed by atoms with Crippen molar-refractivity contribution in [1.29, 1.82) is 0 Å². The van der Waals surface area contributed by atoms with Crippen molar-refractivity contribution in [3.8, 4) is 0 Å². The van der Waals surface area contributed by atoms with E-state index in [1.54, 1.807) is 6.92 Å². The van der Waals surface area contributed by atoms with Gasteiger partial charge in [-0.25, -0.2) is 0 Å². The largest absolute Gasteiger partial charge is 0.295 e. The smallest absolute Gasteiger partial charge is 0.160 e. The zero-order chi connectivity index (χ0) is 25.9. The molecule has 0 saturated heterocycles. The number of carbonyl (C=O) groups is 1.